The van der Waals surface area contributed by atoms with Crippen LogP contribution in [0.25, 0.3) is 0 Å². The van der Waals surface area contributed by atoms with E-state index in [0.717, 1.165) is 0 Å². The molecule has 1 heterocycles. The Labute approximate surface area is 91.9 Å². The Morgan fingerprint density at radius 2 is 2.00 bits per heavy atom. The second kappa shape index (κ2) is 4.64. The summed E-state index contributed by atoms with van der Waals surface area (Å²) in [5.74, 6) is -1.42. The van der Waals surface area contributed by atoms with E-state index in [2.05, 4.69) is 4.98 Å². The third kappa shape index (κ3) is 3.36. The van der Waals surface area contributed by atoms with Crippen molar-refractivity contribution in [3.63, 3.8) is 0 Å². The lowest BCUT2D eigenvalue weighted by Crippen LogP contribution is -2.12. The Bertz CT molecular complexity index is 430. The van der Waals surface area contributed by atoms with Crippen molar-refractivity contribution in [1.29, 1.82) is 0 Å². The predicted octanol–water partition coefficient (Wildman–Crippen LogP) is 2.67. The third-order valence-electron chi connectivity index (χ3n) is 1.89. The van der Waals surface area contributed by atoms with Gasteiger partial charge in [0.2, 0.25) is 0 Å². The minimum atomic E-state index is -4.84. The number of carbonyl (C=O) groups is 1. The van der Waals surface area contributed by atoms with Crippen molar-refractivity contribution < 1.29 is 31.9 Å². The summed E-state index contributed by atoms with van der Waals surface area (Å²) in [6, 6.07) is 0.170. The molecule has 0 atom stereocenters. The van der Waals surface area contributed by atoms with Gasteiger partial charge in [-0.05, 0) is 11.6 Å². The van der Waals surface area contributed by atoms with Gasteiger partial charge in [0.05, 0.1) is 6.42 Å². The summed E-state index contributed by atoms with van der Waals surface area (Å²) < 4.78 is 61.5. The average Bonchev–Trinajstić information content (AvgIpc) is 2.15. The smallest absolute Gasteiger partial charge is 0.433 e. The van der Waals surface area contributed by atoms with Crippen LogP contribution in [0.5, 0.6) is 0 Å². The maximum atomic E-state index is 12.5. The zero-order chi connectivity index (χ0) is 13.2. The number of aromatic nitrogens is 1. The molecular formula is C9H6F5NO2. The Morgan fingerprint density at radius 1 is 1.41 bits per heavy atom. The molecule has 0 aliphatic carbocycles. The van der Waals surface area contributed by atoms with Crippen LogP contribution in [0.15, 0.2) is 12.3 Å². The van der Waals surface area contributed by atoms with Crippen LogP contribution in [-0.4, -0.2) is 16.1 Å². The monoisotopic (exact) mass is 255 g/mol. The van der Waals surface area contributed by atoms with Crippen molar-refractivity contribution in [3.8, 4) is 0 Å². The molecule has 0 fully saturated rings. The fourth-order valence-electron chi connectivity index (χ4n) is 1.17. The van der Waals surface area contributed by atoms with Gasteiger partial charge in [-0.3, -0.25) is 9.78 Å². The second-order valence-corrected chi connectivity index (χ2v) is 3.14. The fourth-order valence-corrected chi connectivity index (χ4v) is 1.17. The number of rotatable bonds is 3. The van der Waals surface area contributed by atoms with Crippen LogP contribution in [0.3, 0.4) is 0 Å². The molecule has 0 aromatic carbocycles. The number of aliphatic carboxylic acids is 1. The minimum Gasteiger partial charge on any atom is -0.481 e. The molecule has 1 aromatic heterocycles. The van der Waals surface area contributed by atoms with E-state index in [1.54, 1.807) is 0 Å². The normalized spacial score (nSPS) is 11.9. The van der Waals surface area contributed by atoms with Crippen LogP contribution < -0.4 is 0 Å². The van der Waals surface area contributed by atoms with E-state index in [1.165, 1.54) is 0 Å². The summed E-state index contributed by atoms with van der Waals surface area (Å²) in [5, 5.41) is 8.41. The first-order chi connectivity index (χ1) is 7.71. The van der Waals surface area contributed by atoms with Gasteiger partial charge in [-0.2, -0.15) is 13.2 Å². The zero-order valence-electron chi connectivity index (χ0n) is 8.13. The molecule has 0 spiro atoms. The van der Waals surface area contributed by atoms with Gasteiger partial charge >= 0.3 is 12.1 Å². The molecule has 0 amide bonds. The highest BCUT2D eigenvalue weighted by Crippen LogP contribution is 2.31. The molecule has 8 heteroatoms. The second-order valence-electron chi connectivity index (χ2n) is 3.14. The van der Waals surface area contributed by atoms with Crippen LogP contribution >= 0.6 is 0 Å². The van der Waals surface area contributed by atoms with Crippen LogP contribution in [0, 0.1) is 0 Å². The van der Waals surface area contributed by atoms with Crippen molar-refractivity contribution in [1.82, 2.24) is 4.98 Å². The number of nitrogens with zero attached hydrogens (tertiary/aromatic N) is 1. The topological polar surface area (TPSA) is 50.2 Å². The van der Waals surface area contributed by atoms with E-state index in [9.17, 15) is 26.7 Å². The molecule has 17 heavy (non-hydrogen) atoms. The van der Waals surface area contributed by atoms with Gasteiger partial charge in [0.1, 0.15) is 5.69 Å². The van der Waals surface area contributed by atoms with Crippen LogP contribution in [0.4, 0.5) is 22.0 Å². The predicted molar refractivity (Wildman–Crippen MR) is 45.5 cm³/mol. The summed E-state index contributed by atoms with van der Waals surface area (Å²) in [7, 11) is 0. The molecule has 1 aromatic rings. The van der Waals surface area contributed by atoms with Crippen molar-refractivity contribution in [3.05, 3.63) is 29.1 Å². The van der Waals surface area contributed by atoms with Gasteiger partial charge < -0.3 is 5.11 Å². The Balaban J connectivity index is 3.22. The summed E-state index contributed by atoms with van der Waals surface area (Å²) in [6.07, 6.45) is -8.32. The van der Waals surface area contributed by atoms with Crippen LogP contribution in [-0.2, 0) is 17.4 Å². The fraction of sp³-hybridized carbons (Fsp3) is 0.333. The van der Waals surface area contributed by atoms with Crippen molar-refractivity contribution in [2.45, 2.75) is 19.0 Å². The Hall–Kier alpha value is -1.73. The number of alkyl halides is 5. The number of carboxylic acids is 1. The van der Waals surface area contributed by atoms with Gasteiger partial charge in [-0.25, -0.2) is 8.78 Å². The van der Waals surface area contributed by atoms with E-state index in [0.29, 0.717) is 6.20 Å². The molecule has 1 rings (SSSR count). The van der Waals surface area contributed by atoms with Crippen molar-refractivity contribution in [2.24, 2.45) is 0 Å². The summed E-state index contributed by atoms with van der Waals surface area (Å²) in [5.41, 5.74) is -2.86. The highest BCUT2D eigenvalue weighted by atomic mass is 19.4. The lowest BCUT2D eigenvalue weighted by atomic mass is 10.1. The maximum Gasteiger partial charge on any atom is 0.433 e. The van der Waals surface area contributed by atoms with Gasteiger partial charge in [-0.15, -0.1) is 0 Å². The number of carboxylic acid groups (broad SMARTS) is 1. The largest absolute Gasteiger partial charge is 0.481 e. The van der Waals surface area contributed by atoms with E-state index >= 15 is 0 Å². The molecule has 0 aliphatic heterocycles. The average molecular weight is 255 g/mol. The molecule has 0 bridgehead atoms. The summed E-state index contributed by atoms with van der Waals surface area (Å²) in [6.45, 7) is 0. The SMILES string of the molecule is O=C(O)Cc1cnc(C(F)(F)F)cc1C(F)F. The van der Waals surface area contributed by atoms with Gasteiger partial charge in [-0.1, -0.05) is 0 Å². The molecule has 1 N–H and O–H groups in total. The molecular weight excluding hydrogens is 249 g/mol. The minimum absolute atomic E-state index is 0.170. The molecule has 0 radical (unpaired) electrons. The molecule has 0 saturated carbocycles. The lowest BCUT2D eigenvalue weighted by molar-refractivity contribution is -0.141. The zero-order valence-corrected chi connectivity index (χ0v) is 8.13. The number of pyridine rings is 1. The van der Waals surface area contributed by atoms with Gasteiger partial charge in [0.25, 0.3) is 6.43 Å². The van der Waals surface area contributed by atoms with Crippen LogP contribution in [0.2, 0.25) is 0 Å². The molecule has 0 unspecified atom stereocenters. The summed E-state index contributed by atoms with van der Waals surface area (Å²) >= 11 is 0. The standard InChI is InChI=1S/C9H6F5NO2/c10-8(11)5-2-6(9(12,13)14)15-3-4(5)1-7(16)17/h2-3,8H,1H2,(H,16,17). The first-order valence-corrected chi connectivity index (χ1v) is 4.27. The molecule has 3 nitrogen and oxygen atoms in total. The van der Waals surface area contributed by atoms with E-state index in [1.807, 2.05) is 0 Å². The highest BCUT2D eigenvalue weighted by Gasteiger charge is 2.34. The van der Waals surface area contributed by atoms with E-state index in [-0.39, 0.29) is 6.07 Å². The van der Waals surface area contributed by atoms with E-state index in [4.69, 9.17) is 5.11 Å². The van der Waals surface area contributed by atoms with Gasteiger partial charge in [0, 0.05) is 11.8 Å². The quantitative estimate of drug-likeness (QED) is 0.845. The number of hydrogen-bond donors (Lipinski definition) is 1. The first-order valence-electron chi connectivity index (χ1n) is 4.27. The number of hydrogen-bond acceptors (Lipinski definition) is 2. The lowest BCUT2D eigenvalue weighted by Gasteiger charge is -2.10. The van der Waals surface area contributed by atoms with Crippen molar-refractivity contribution in [2.75, 3.05) is 0 Å². The van der Waals surface area contributed by atoms with E-state index < -0.39 is 41.8 Å². The Kier molecular flexibility index (Phi) is 3.64. The highest BCUT2D eigenvalue weighted by molar-refractivity contribution is 5.70. The maximum absolute atomic E-state index is 12.5. The van der Waals surface area contributed by atoms with Crippen molar-refractivity contribution >= 4 is 5.97 Å². The van der Waals surface area contributed by atoms with Crippen LogP contribution in [0.1, 0.15) is 23.2 Å². The molecule has 94 valence electrons. The molecule has 0 saturated heterocycles. The molecule has 0 aliphatic rings. The number of halogens is 5. The summed E-state index contributed by atoms with van der Waals surface area (Å²) in [4.78, 5) is 13.3. The Morgan fingerprint density at radius 3 is 2.41 bits per heavy atom. The first kappa shape index (κ1) is 13.3. The van der Waals surface area contributed by atoms with Gasteiger partial charge in [0.15, 0.2) is 0 Å². The third-order valence-corrected chi connectivity index (χ3v) is 1.89.